The number of hydrogen-bond acceptors (Lipinski definition) is 6. The first-order chi connectivity index (χ1) is 12.0. The van der Waals surface area contributed by atoms with Gasteiger partial charge < -0.3 is 9.47 Å². The summed E-state index contributed by atoms with van der Waals surface area (Å²) in [6.45, 7) is 1.83. The molecule has 0 atom stereocenters. The van der Waals surface area contributed by atoms with Crippen LogP contribution >= 0.6 is 0 Å². The lowest BCUT2D eigenvalue weighted by atomic mass is 10.1. The number of esters is 1. The van der Waals surface area contributed by atoms with Gasteiger partial charge in [0.05, 0.1) is 23.1 Å². The first-order valence-electron chi connectivity index (χ1n) is 7.40. The summed E-state index contributed by atoms with van der Waals surface area (Å²) < 4.78 is 10.6. The van der Waals surface area contributed by atoms with Crippen LogP contribution < -0.4 is 4.74 Å². The molecule has 1 aromatic heterocycles. The van der Waals surface area contributed by atoms with Gasteiger partial charge in [0.25, 0.3) is 5.69 Å². The van der Waals surface area contributed by atoms with Crippen LogP contribution in [-0.2, 0) is 4.74 Å². The molecule has 126 valence electrons. The lowest BCUT2D eigenvalue weighted by Crippen LogP contribution is -2.01. The van der Waals surface area contributed by atoms with Gasteiger partial charge >= 0.3 is 5.97 Å². The second-order valence-corrected chi connectivity index (χ2v) is 5.34. The van der Waals surface area contributed by atoms with Crippen molar-refractivity contribution < 1.29 is 19.2 Å². The number of nitro groups is 1. The van der Waals surface area contributed by atoms with Crippen molar-refractivity contribution in [3.63, 3.8) is 0 Å². The summed E-state index contributed by atoms with van der Waals surface area (Å²) >= 11 is 0. The number of methoxy groups -OCH3 is 1. The zero-order valence-electron chi connectivity index (χ0n) is 13.6. The number of hydrogen-bond donors (Lipinski definition) is 0. The normalized spacial score (nSPS) is 10.5. The zero-order chi connectivity index (χ0) is 18.0. The highest BCUT2D eigenvalue weighted by molar-refractivity contribution is 5.96. The molecule has 0 saturated heterocycles. The van der Waals surface area contributed by atoms with Gasteiger partial charge in [-0.15, -0.1) is 0 Å². The molecule has 2 aromatic carbocycles. The molecule has 3 aromatic rings. The SMILES string of the molecule is COC(=O)c1ccc2nc(C)cc(Oc3ccc([N+](=O)[O-])cc3)c2c1. The third kappa shape index (κ3) is 3.40. The second kappa shape index (κ2) is 6.56. The van der Waals surface area contributed by atoms with E-state index < -0.39 is 10.9 Å². The van der Waals surface area contributed by atoms with Gasteiger partial charge in [0.15, 0.2) is 0 Å². The number of pyridine rings is 1. The standard InChI is InChI=1S/C18H14N2O5/c1-11-9-17(25-14-6-4-13(5-7-14)20(22)23)15-10-12(18(21)24-2)3-8-16(15)19-11/h3-10H,1-2H3. The molecule has 0 unspecified atom stereocenters. The van der Waals surface area contributed by atoms with Crippen LogP contribution in [0.25, 0.3) is 10.9 Å². The molecule has 0 aliphatic heterocycles. The van der Waals surface area contributed by atoms with E-state index in [1.165, 1.54) is 31.4 Å². The summed E-state index contributed by atoms with van der Waals surface area (Å²) in [5, 5.41) is 11.4. The van der Waals surface area contributed by atoms with E-state index in [9.17, 15) is 14.9 Å². The number of aromatic nitrogens is 1. The van der Waals surface area contributed by atoms with E-state index in [1.54, 1.807) is 24.3 Å². The summed E-state index contributed by atoms with van der Waals surface area (Å²) in [7, 11) is 1.31. The van der Waals surface area contributed by atoms with Crippen LogP contribution in [0, 0.1) is 17.0 Å². The smallest absolute Gasteiger partial charge is 0.337 e. The van der Waals surface area contributed by atoms with Gasteiger partial charge in [-0.25, -0.2) is 4.79 Å². The van der Waals surface area contributed by atoms with E-state index in [0.717, 1.165) is 5.69 Å². The van der Waals surface area contributed by atoms with Crippen LogP contribution in [0.2, 0.25) is 0 Å². The third-order valence-electron chi connectivity index (χ3n) is 3.60. The van der Waals surface area contributed by atoms with E-state index in [1.807, 2.05) is 6.92 Å². The van der Waals surface area contributed by atoms with Gasteiger partial charge in [-0.1, -0.05) is 0 Å². The second-order valence-electron chi connectivity index (χ2n) is 5.34. The first kappa shape index (κ1) is 16.4. The van der Waals surface area contributed by atoms with Gasteiger partial charge in [0, 0.05) is 29.3 Å². The molecule has 0 bridgehead atoms. The molecule has 7 heteroatoms. The van der Waals surface area contributed by atoms with Crippen LogP contribution in [0.1, 0.15) is 16.1 Å². The topological polar surface area (TPSA) is 91.6 Å². The number of carbonyl (C=O) groups excluding carboxylic acids is 1. The Hall–Kier alpha value is -3.48. The minimum Gasteiger partial charge on any atom is -0.465 e. The highest BCUT2D eigenvalue weighted by Gasteiger charge is 2.12. The van der Waals surface area contributed by atoms with E-state index in [0.29, 0.717) is 28.0 Å². The van der Waals surface area contributed by atoms with E-state index >= 15 is 0 Å². The molecule has 3 rings (SSSR count). The Morgan fingerprint density at radius 1 is 1.12 bits per heavy atom. The van der Waals surface area contributed by atoms with Crippen molar-refractivity contribution in [3.8, 4) is 11.5 Å². The van der Waals surface area contributed by atoms with Crippen LogP contribution in [0.4, 0.5) is 5.69 Å². The maximum absolute atomic E-state index is 11.7. The number of carbonyl (C=O) groups is 1. The minimum absolute atomic E-state index is 0.0175. The highest BCUT2D eigenvalue weighted by Crippen LogP contribution is 2.31. The van der Waals surface area contributed by atoms with Gasteiger partial charge in [0.2, 0.25) is 0 Å². The van der Waals surface area contributed by atoms with Crippen molar-refractivity contribution in [2.45, 2.75) is 6.92 Å². The van der Waals surface area contributed by atoms with E-state index in [2.05, 4.69) is 4.98 Å². The number of nitro benzene ring substituents is 1. The summed E-state index contributed by atoms with van der Waals surface area (Å²) in [4.78, 5) is 26.4. The predicted molar refractivity (Wildman–Crippen MR) is 91.0 cm³/mol. The fourth-order valence-electron chi connectivity index (χ4n) is 2.41. The molecule has 0 aliphatic rings. The van der Waals surface area contributed by atoms with Crippen molar-refractivity contribution in [2.24, 2.45) is 0 Å². The third-order valence-corrected chi connectivity index (χ3v) is 3.60. The van der Waals surface area contributed by atoms with Crippen molar-refractivity contribution in [1.82, 2.24) is 4.98 Å². The first-order valence-corrected chi connectivity index (χ1v) is 7.40. The number of non-ortho nitro benzene ring substituents is 1. The summed E-state index contributed by atoms with van der Waals surface area (Å²) in [6.07, 6.45) is 0. The zero-order valence-corrected chi connectivity index (χ0v) is 13.6. The number of fused-ring (bicyclic) bond motifs is 1. The number of rotatable bonds is 4. The molecule has 0 amide bonds. The highest BCUT2D eigenvalue weighted by atomic mass is 16.6. The number of benzene rings is 2. The Morgan fingerprint density at radius 3 is 2.48 bits per heavy atom. The maximum Gasteiger partial charge on any atom is 0.337 e. The van der Waals surface area contributed by atoms with Crippen LogP contribution in [0.3, 0.4) is 0 Å². The number of nitrogens with zero attached hydrogens (tertiary/aromatic N) is 2. The molecule has 0 spiro atoms. The molecule has 0 fully saturated rings. The van der Waals surface area contributed by atoms with Gasteiger partial charge in [-0.2, -0.15) is 0 Å². The average Bonchev–Trinajstić information content (AvgIpc) is 2.61. The Morgan fingerprint density at radius 2 is 1.84 bits per heavy atom. The summed E-state index contributed by atoms with van der Waals surface area (Å²) in [5.74, 6) is 0.492. The van der Waals surface area contributed by atoms with Crippen molar-refractivity contribution in [3.05, 3.63) is 69.9 Å². The van der Waals surface area contributed by atoms with Crippen molar-refractivity contribution in [1.29, 1.82) is 0 Å². The van der Waals surface area contributed by atoms with E-state index in [4.69, 9.17) is 9.47 Å². The Labute approximate surface area is 143 Å². The van der Waals surface area contributed by atoms with Gasteiger partial charge in [-0.05, 0) is 37.3 Å². The molecule has 1 heterocycles. The quantitative estimate of drug-likeness (QED) is 0.405. The molecule has 0 saturated carbocycles. The average molecular weight is 338 g/mol. The fraction of sp³-hybridized carbons (Fsp3) is 0.111. The van der Waals surface area contributed by atoms with Crippen molar-refractivity contribution in [2.75, 3.05) is 7.11 Å². The Balaban J connectivity index is 2.04. The Bertz CT molecular complexity index is 967. The van der Waals surface area contributed by atoms with Crippen molar-refractivity contribution >= 4 is 22.6 Å². The van der Waals surface area contributed by atoms with Crippen LogP contribution in [0.5, 0.6) is 11.5 Å². The Kier molecular flexibility index (Phi) is 4.30. The molecule has 0 aliphatic carbocycles. The molecule has 25 heavy (non-hydrogen) atoms. The van der Waals surface area contributed by atoms with Crippen LogP contribution in [-0.4, -0.2) is 23.0 Å². The number of ether oxygens (including phenoxy) is 2. The monoisotopic (exact) mass is 338 g/mol. The largest absolute Gasteiger partial charge is 0.465 e. The van der Waals surface area contributed by atoms with Gasteiger partial charge in [0.1, 0.15) is 11.5 Å². The maximum atomic E-state index is 11.7. The fourth-order valence-corrected chi connectivity index (χ4v) is 2.41. The van der Waals surface area contributed by atoms with Crippen LogP contribution in [0.15, 0.2) is 48.5 Å². The molecular weight excluding hydrogens is 324 g/mol. The number of aryl methyl sites for hydroxylation is 1. The lowest BCUT2D eigenvalue weighted by molar-refractivity contribution is -0.384. The molecule has 0 radical (unpaired) electrons. The molecule has 0 N–H and O–H groups in total. The predicted octanol–water partition coefficient (Wildman–Crippen LogP) is 4.03. The molecular formula is C18H14N2O5. The van der Waals surface area contributed by atoms with Gasteiger partial charge in [-0.3, -0.25) is 15.1 Å². The summed E-state index contributed by atoms with van der Waals surface area (Å²) in [5.41, 5.74) is 1.78. The van der Waals surface area contributed by atoms with E-state index in [-0.39, 0.29) is 5.69 Å². The summed E-state index contributed by atoms with van der Waals surface area (Å²) in [6, 6.07) is 12.5. The minimum atomic E-state index is -0.474. The molecule has 7 nitrogen and oxygen atoms in total. The lowest BCUT2D eigenvalue weighted by Gasteiger charge is -2.11.